The normalized spacial score (nSPS) is 18.2. The molecule has 0 spiro atoms. The van der Waals surface area contributed by atoms with Crippen LogP contribution in [0.4, 0.5) is 19.3 Å². The molecule has 1 aliphatic carbocycles. The van der Waals surface area contributed by atoms with Crippen molar-refractivity contribution in [3.8, 4) is 22.5 Å². The summed E-state index contributed by atoms with van der Waals surface area (Å²) >= 11 is 0. The van der Waals surface area contributed by atoms with Crippen molar-refractivity contribution < 1.29 is 18.7 Å². The Morgan fingerprint density at radius 1 is 1.08 bits per heavy atom. The van der Waals surface area contributed by atoms with Crippen LogP contribution in [0.3, 0.4) is 0 Å². The lowest BCUT2D eigenvalue weighted by molar-refractivity contribution is 0.0878. The molecule has 7 nitrogen and oxygen atoms in total. The van der Waals surface area contributed by atoms with E-state index >= 15 is 0 Å². The Balaban J connectivity index is 1.49. The van der Waals surface area contributed by atoms with E-state index in [2.05, 4.69) is 20.8 Å². The van der Waals surface area contributed by atoms with Crippen LogP contribution in [-0.4, -0.2) is 32.4 Å². The number of urea groups is 1. The van der Waals surface area contributed by atoms with E-state index in [0.29, 0.717) is 22.5 Å². The van der Waals surface area contributed by atoms with Crippen molar-refractivity contribution in [2.45, 2.75) is 44.8 Å². The van der Waals surface area contributed by atoms with Crippen LogP contribution in [0.15, 0.2) is 60.9 Å². The molecule has 2 aromatic heterocycles. The van der Waals surface area contributed by atoms with Crippen molar-refractivity contribution >= 4 is 11.7 Å². The van der Waals surface area contributed by atoms with Gasteiger partial charge in [0.15, 0.2) is 11.6 Å². The summed E-state index contributed by atoms with van der Waals surface area (Å²) in [4.78, 5) is 18.0. The number of carbonyl (C=O) groups is 1. The molecule has 0 aliphatic heterocycles. The van der Waals surface area contributed by atoms with E-state index in [9.17, 15) is 18.7 Å². The van der Waals surface area contributed by atoms with Gasteiger partial charge in [0.2, 0.25) is 0 Å². The van der Waals surface area contributed by atoms with Crippen molar-refractivity contribution in [3.63, 3.8) is 0 Å². The lowest BCUT2D eigenvalue weighted by Gasteiger charge is -2.40. The minimum absolute atomic E-state index is 0.269. The molecule has 0 saturated carbocycles. The summed E-state index contributed by atoms with van der Waals surface area (Å²) in [6.45, 7) is 5.59. The Bertz CT molecular complexity index is 1460. The van der Waals surface area contributed by atoms with Crippen LogP contribution in [-0.2, 0) is 5.41 Å². The number of benzene rings is 2. The number of rotatable bonds is 4. The maximum atomic E-state index is 14.2. The number of nitrogens with zero attached hydrogens (tertiary/aromatic N) is 2. The summed E-state index contributed by atoms with van der Waals surface area (Å²) in [5.74, 6) is -1.99. The molecule has 5 rings (SSSR count). The number of aromatic nitrogens is 3. The van der Waals surface area contributed by atoms with E-state index in [1.54, 1.807) is 12.4 Å². The zero-order valence-corrected chi connectivity index (χ0v) is 20.6. The largest absolute Gasteiger partial charge is 0.391 e. The van der Waals surface area contributed by atoms with E-state index in [1.807, 2.05) is 57.2 Å². The number of carbonyl (C=O) groups excluding carboxylic acids is 1. The fourth-order valence-electron chi connectivity index (χ4n) is 5.03. The number of aliphatic hydroxyl groups is 1. The van der Waals surface area contributed by atoms with Crippen LogP contribution in [0.1, 0.15) is 43.0 Å². The number of fused-ring (bicyclic) bond motifs is 1. The topological polar surface area (TPSA) is 103 Å². The molecule has 190 valence electrons. The highest BCUT2D eigenvalue weighted by Crippen LogP contribution is 2.42. The Morgan fingerprint density at radius 2 is 1.81 bits per heavy atom. The number of aryl methyl sites for hydroxylation is 1. The van der Waals surface area contributed by atoms with Gasteiger partial charge in [0.1, 0.15) is 0 Å². The molecule has 9 heteroatoms. The Labute approximate surface area is 213 Å². The van der Waals surface area contributed by atoms with E-state index in [4.69, 9.17) is 4.98 Å². The predicted octanol–water partition coefficient (Wildman–Crippen LogP) is 5.63. The van der Waals surface area contributed by atoms with E-state index < -0.39 is 35.2 Å². The molecule has 4 N–H and O–H groups in total. The highest BCUT2D eigenvalue weighted by atomic mass is 19.2. The van der Waals surface area contributed by atoms with Crippen LogP contribution in [0.25, 0.3) is 22.5 Å². The molecule has 0 radical (unpaired) electrons. The first-order chi connectivity index (χ1) is 17.6. The fraction of sp³-hybridized carbons (Fsp3) is 0.250. The summed E-state index contributed by atoms with van der Waals surface area (Å²) in [5, 5.41) is 23.3. The summed E-state index contributed by atoms with van der Waals surface area (Å²) in [6, 6.07) is 11.9. The van der Waals surface area contributed by atoms with Crippen LogP contribution < -0.4 is 10.6 Å². The van der Waals surface area contributed by atoms with Gasteiger partial charge in [0.05, 0.1) is 35.4 Å². The maximum absolute atomic E-state index is 14.2. The van der Waals surface area contributed by atoms with Crippen LogP contribution in [0.5, 0.6) is 0 Å². The second-order valence-electron chi connectivity index (χ2n) is 9.99. The standard InChI is InChI=1S/C28H27F2N5O2/c1-15-9-22(25(16-7-5-4-6-8-16)34-24(15)17-13-31-32-14-17)33-27(37)35-26-18-10-20(29)21(30)11-19(18)28(2,3)12-23(26)36/h4-11,13-14,23,26,36H,12H2,1-3H3,(H,31,32)(H2,33,35,37)/t23-,26?/m1/s1. The Kier molecular flexibility index (Phi) is 6.25. The second-order valence-corrected chi connectivity index (χ2v) is 9.99. The van der Waals surface area contributed by atoms with E-state index in [-0.39, 0.29) is 6.42 Å². The molecular formula is C28H27F2N5O2. The van der Waals surface area contributed by atoms with Crippen molar-refractivity contribution in [1.82, 2.24) is 20.5 Å². The van der Waals surface area contributed by atoms with Gasteiger partial charge in [-0.25, -0.2) is 18.6 Å². The first-order valence-electron chi connectivity index (χ1n) is 12.0. The minimum Gasteiger partial charge on any atom is -0.391 e. The third kappa shape index (κ3) is 4.70. The average Bonchev–Trinajstić information content (AvgIpc) is 3.38. The molecular weight excluding hydrogens is 476 g/mol. The van der Waals surface area contributed by atoms with Crippen LogP contribution in [0.2, 0.25) is 0 Å². The van der Waals surface area contributed by atoms with Crippen molar-refractivity contribution in [2.75, 3.05) is 5.32 Å². The molecule has 0 saturated heterocycles. The first-order valence-corrected chi connectivity index (χ1v) is 12.0. The van der Waals surface area contributed by atoms with Crippen molar-refractivity contribution in [2.24, 2.45) is 0 Å². The average molecular weight is 504 g/mol. The van der Waals surface area contributed by atoms with Crippen molar-refractivity contribution in [1.29, 1.82) is 0 Å². The molecule has 2 heterocycles. The molecule has 0 bridgehead atoms. The molecule has 0 fully saturated rings. The molecule has 37 heavy (non-hydrogen) atoms. The number of anilines is 1. The van der Waals surface area contributed by atoms with Crippen LogP contribution >= 0.6 is 0 Å². The number of hydrogen-bond acceptors (Lipinski definition) is 4. The Morgan fingerprint density at radius 3 is 2.51 bits per heavy atom. The van der Waals surface area contributed by atoms with Gasteiger partial charge in [-0.2, -0.15) is 5.10 Å². The smallest absolute Gasteiger partial charge is 0.319 e. The quantitative estimate of drug-likeness (QED) is 0.290. The molecule has 1 unspecified atom stereocenters. The SMILES string of the molecule is Cc1cc(NC(=O)NC2c3cc(F)c(F)cc3C(C)(C)C[C@H]2O)c(-c2ccccc2)nc1-c1cn[nH]c1. The Hall–Kier alpha value is -4.11. The number of aliphatic hydroxyl groups excluding tert-OH is 1. The molecule has 2 amide bonds. The van der Waals surface area contributed by atoms with Gasteiger partial charge in [-0.3, -0.25) is 5.10 Å². The molecule has 4 aromatic rings. The van der Waals surface area contributed by atoms with Gasteiger partial charge in [-0.15, -0.1) is 0 Å². The van der Waals surface area contributed by atoms with Gasteiger partial charge in [-0.1, -0.05) is 44.2 Å². The van der Waals surface area contributed by atoms with Crippen LogP contribution in [0, 0.1) is 18.6 Å². The number of pyridine rings is 1. The zero-order valence-electron chi connectivity index (χ0n) is 20.6. The number of aromatic amines is 1. The number of H-pyrrole nitrogens is 1. The highest BCUT2D eigenvalue weighted by molar-refractivity contribution is 5.94. The van der Waals surface area contributed by atoms with Crippen molar-refractivity contribution in [3.05, 3.63) is 89.2 Å². The first kappa shape index (κ1) is 24.6. The van der Waals surface area contributed by atoms with E-state index in [0.717, 1.165) is 34.5 Å². The second kappa shape index (κ2) is 9.40. The molecule has 2 aromatic carbocycles. The summed E-state index contributed by atoms with van der Waals surface area (Å²) in [7, 11) is 0. The molecule has 2 atom stereocenters. The lowest BCUT2D eigenvalue weighted by atomic mass is 9.69. The summed E-state index contributed by atoms with van der Waals surface area (Å²) < 4.78 is 28.2. The number of amides is 2. The monoisotopic (exact) mass is 503 g/mol. The highest BCUT2D eigenvalue weighted by Gasteiger charge is 2.40. The summed E-state index contributed by atoms with van der Waals surface area (Å²) in [5.41, 5.74) is 4.46. The summed E-state index contributed by atoms with van der Waals surface area (Å²) in [6.07, 6.45) is 2.70. The zero-order chi connectivity index (χ0) is 26.3. The third-order valence-electron chi connectivity index (χ3n) is 6.83. The number of halogens is 2. The van der Waals surface area contributed by atoms with Gasteiger partial charge >= 0.3 is 6.03 Å². The lowest BCUT2D eigenvalue weighted by Crippen LogP contribution is -2.45. The number of hydrogen-bond donors (Lipinski definition) is 4. The minimum atomic E-state index is -1.03. The number of nitrogens with one attached hydrogen (secondary N) is 3. The molecule has 1 aliphatic rings. The van der Waals surface area contributed by atoms with Gasteiger partial charge in [0.25, 0.3) is 0 Å². The van der Waals surface area contributed by atoms with Gasteiger partial charge in [0, 0.05) is 17.3 Å². The third-order valence-corrected chi connectivity index (χ3v) is 6.83. The van der Waals surface area contributed by atoms with Gasteiger partial charge < -0.3 is 15.7 Å². The van der Waals surface area contributed by atoms with Gasteiger partial charge in [-0.05, 0) is 53.6 Å². The maximum Gasteiger partial charge on any atom is 0.319 e. The predicted molar refractivity (Wildman–Crippen MR) is 137 cm³/mol. The van der Waals surface area contributed by atoms with E-state index in [1.165, 1.54) is 0 Å². The fourth-order valence-corrected chi connectivity index (χ4v) is 5.03.